The highest BCUT2D eigenvalue weighted by Gasteiger charge is 2.32. The molecule has 0 spiro atoms. The van der Waals surface area contributed by atoms with Crippen LogP contribution in [0.15, 0.2) is 42.5 Å². The number of aromatic nitrogens is 3. The maximum Gasteiger partial charge on any atom is 0.416 e. The van der Waals surface area contributed by atoms with Gasteiger partial charge < -0.3 is 0 Å². The lowest BCUT2D eigenvalue weighted by molar-refractivity contribution is -0.137. The van der Waals surface area contributed by atoms with Crippen molar-refractivity contribution in [2.75, 3.05) is 0 Å². The summed E-state index contributed by atoms with van der Waals surface area (Å²) >= 11 is 0. The Morgan fingerprint density at radius 2 is 1.70 bits per heavy atom. The molecule has 3 nitrogen and oxygen atoms in total. The molecule has 0 aliphatic carbocycles. The Labute approximate surface area is 112 Å². The van der Waals surface area contributed by atoms with Gasteiger partial charge in [-0.2, -0.15) is 13.2 Å². The fourth-order valence-corrected chi connectivity index (χ4v) is 2.15. The molecule has 6 heteroatoms. The first-order valence-electron chi connectivity index (χ1n) is 5.95. The molecule has 0 unspecified atom stereocenters. The van der Waals surface area contributed by atoms with Crippen molar-refractivity contribution in [3.8, 4) is 11.3 Å². The molecule has 0 amide bonds. The van der Waals surface area contributed by atoms with Crippen LogP contribution in [-0.2, 0) is 6.18 Å². The smallest absolute Gasteiger partial charge is 0.279 e. The molecular weight excluding hydrogens is 267 g/mol. The Balaban J connectivity index is 2.36. The molecule has 3 aromatic rings. The molecule has 0 radical (unpaired) electrons. The molecule has 0 atom stereocenters. The van der Waals surface area contributed by atoms with E-state index >= 15 is 0 Å². The Bertz CT molecular complexity index is 760. The molecule has 0 bridgehead atoms. The quantitative estimate of drug-likeness (QED) is 0.678. The van der Waals surface area contributed by atoms with Gasteiger partial charge in [0.15, 0.2) is 5.65 Å². The molecule has 0 saturated heterocycles. The van der Waals surface area contributed by atoms with E-state index in [2.05, 4.69) is 10.2 Å². The predicted molar refractivity (Wildman–Crippen MR) is 68.2 cm³/mol. The summed E-state index contributed by atoms with van der Waals surface area (Å²) in [5.74, 6) is 0.549. The minimum absolute atomic E-state index is 0.191. The average Bonchev–Trinajstić information content (AvgIpc) is 2.80. The molecule has 0 aliphatic heterocycles. The van der Waals surface area contributed by atoms with E-state index in [0.29, 0.717) is 17.1 Å². The van der Waals surface area contributed by atoms with Crippen molar-refractivity contribution in [3.05, 3.63) is 53.9 Å². The summed E-state index contributed by atoms with van der Waals surface area (Å²) in [5.41, 5.74) is 0.580. The van der Waals surface area contributed by atoms with E-state index in [4.69, 9.17) is 0 Å². The highest BCUT2D eigenvalue weighted by atomic mass is 19.4. The van der Waals surface area contributed by atoms with Crippen molar-refractivity contribution in [1.82, 2.24) is 14.6 Å². The predicted octanol–water partition coefficient (Wildman–Crippen LogP) is 3.72. The van der Waals surface area contributed by atoms with Gasteiger partial charge in [0.05, 0.1) is 11.3 Å². The molecule has 2 aromatic heterocycles. The topological polar surface area (TPSA) is 30.2 Å². The molecule has 20 heavy (non-hydrogen) atoms. The number of alkyl halides is 3. The summed E-state index contributed by atoms with van der Waals surface area (Å²) in [4.78, 5) is 0. The number of pyridine rings is 1. The first kappa shape index (κ1) is 12.7. The van der Waals surface area contributed by atoms with E-state index in [-0.39, 0.29) is 5.65 Å². The van der Waals surface area contributed by atoms with E-state index in [1.807, 2.05) is 6.07 Å². The van der Waals surface area contributed by atoms with Crippen LogP contribution in [0.1, 0.15) is 11.4 Å². The van der Waals surface area contributed by atoms with Crippen LogP contribution in [0.3, 0.4) is 0 Å². The van der Waals surface area contributed by atoms with Crippen molar-refractivity contribution in [2.24, 2.45) is 0 Å². The fraction of sp³-hybridized carbons (Fsp3) is 0.143. The SMILES string of the molecule is Cc1nnc2cc(C(F)(F)F)cc(-c3ccccc3)n12. The van der Waals surface area contributed by atoms with Crippen LogP contribution in [0, 0.1) is 6.92 Å². The number of fused-ring (bicyclic) bond motifs is 1. The zero-order valence-electron chi connectivity index (χ0n) is 10.5. The maximum absolute atomic E-state index is 13.0. The van der Waals surface area contributed by atoms with Gasteiger partial charge in [-0.3, -0.25) is 4.40 Å². The lowest BCUT2D eigenvalue weighted by atomic mass is 10.1. The molecule has 0 fully saturated rings. The van der Waals surface area contributed by atoms with Crippen LogP contribution in [0.2, 0.25) is 0 Å². The van der Waals surface area contributed by atoms with E-state index in [1.165, 1.54) is 0 Å². The normalized spacial score (nSPS) is 12.0. The summed E-state index contributed by atoms with van der Waals surface area (Å²) in [6.07, 6.45) is -4.41. The average molecular weight is 277 g/mol. The highest BCUT2D eigenvalue weighted by Crippen LogP contribution is 2.33. The Morgan fingerprint density at radius 3 is 2.35 bits per heavy atom. The van der Waals surface area contributed by atoms with Gasteiger partial charge >= 0.3 is 6.18 Å². The second-order valence-corrected chi connectivity index (χ2v) is 4.43. The lowest BCUT2D eigenvalue weighted by Gasteiger charge is -2.12. The molecule has 0 aliphatic rings. The van der Waals surface area contributed by atoms with Crippen LogP contribution < -0.4 is 0 Å². The molecular formula is C14H10F3N3. The standard InChI is InChI=1S/C14H10F3N3/c1-9-18-19-13-8-11(14(15,16)17)7-12(20(9)13)10-5-3-2-4-6-10/h2-8H,1H3. The van der Waals surface area contributed by atoms with Crippen molar-refractivity contribution < 1.29 is 13.2 Å². The van der Waals surface area contributed by atoms with Gasteiger partial charge in [0.1, 0.15) is 5.82 Å². The fourth-order valence-electron chi connectivity index (χ4n) is 2.15. The summed E-state index contributed by atoms with van der Waals surface area (Å²) in [6, 6.07) is 11.0. The highest BCUT2D eigenvalue weighted by molar-refractivity contribution is 5.65. The number of benzene rings is 1. The Morgan fingerprint density at radius 1 is 1.00 bits per heavy atom. The number of rotatable bonds is 1. The third kappa shape index (κ3) is 2.03. The van der Waals surface area contributed by atoms with E-state index in [9.17, 15) is 13.2 Å². The van der Waals surface area contributed by atoms with Crippen LogP contribution in [-0.4, -0.2) is 14.6 Å². The maximum atomic E-state index is 13.0. The third-order valence-electron chi connectivity index (χ3n) is 3.06. The van der Waals surface area contributed by atoms with Gasteiger partial charge in [0.2, 0.25) is 0 Å². The van der Waals surface area contributed by atoms with Crippen molar-refractivity contribution in [3.63, 3.8) is 0 Å². The number of hydrogen-bond donors (Lipinski definition) is 0. The molecule has 0 N–H and O–H groups in total. The molecule has 102 valence electrons. The minimum atomic E-state index is -4.41. The van der Waals surface area contributed by atoms with Gasteiger partial charge in [-0.25, -0.2) is 0 Å². The summed E-state index contributed by atoms with van der Waals surface area (Å²) < 4.78 is 40.5. The minimum Gasteiger partial charge on any atom is -0.279 e. The molecule has 1 aromatic carbocycles. The first-order valence-corrected chi connectivity index (χ1v) is 5.95. The van der Waals surface area contributed by atoms with Crippen molar-refractivity contribution >= 4 is 5.65 Å². The van der Waals surface area contributed by atoms with Gasteiger partial charge in [0, 0.05) is 0 Å². The zero-order chi connectivity index (χ0) is 14.3. The van der Waals surface area contributed by atoms with Gasteiger partial charge in [-0.1, -0.05) is 30.3 Å². The number of halogens is 3. The first-order chi connectivity index (χ1) is 9.47. The van der Waals surface area contributed by atoms with Crippen LogP contribution >= 0.6 is 0 Å². The largest absolute Gasteiger partial charge is 0.416 e. The molecule has 0 saturated carbocycles. The van der Waals surface area contributed by atoms with Gasteiger partial charge in [0.25, 0.3) is 0 Å². The van der Waals surface area contributed by atoms with E-state index in [0.717, 1.165) is 12.1 Å². The lowest BCUT2D eigenvalue weighted by Crippen LogP contribution is -2.07. The number of nitrogens with zero attached hydrogens (tertiary/aromatic N) is 3. The monoisotopic (exact) mass is 277 g/mol. The summed E-state index contributed by atoms with van der Waals surface area (Å²) in [5, 5.41) is 7.64. The van der Waals surface area contributed by atoms with E-state index in [1.54, 1.807) is 35.6 Å². The van der Waals surface area contributed by atoms with Crippen molar-refractivity contribution in [2.45, 2.75) is 13.1 Å². The van der Waals surface area contributed by atoms with Gasteiger partial charge in [-0.05, 0) is 24.6 Å². The number of hydrogen-bond acceptors (Lipinski definition) is 2. The van der Waals surface area contributed by atoms with Crippen LogP contribution in [0.25, 0.3) is 16.9 Å². The zero-order valence-corrected chi connectivity index (χ0v) is 10.5. The number of aryl methyl sites for hydroxylation is 1. The Kier molecular flexibility index (Phi) is 2.74. The second kappa shape index (κ2) is 4.33. The third-order valence-corrected chi connectivity index (χ3v) is 3.06. The van der Waals surface area contributed by atoms with Crippen molar-refractivity contribution in [1.29, 1.82) is 0 Å². The summed E-state index contributed by atoms with van der Waals surface area (Å²) in [6.45, 7) is 1.71. The molecule has 2 heterocycles. The Hall–Kier alpha value is -2.37. The molecule has 3 rings (SSSR count). The van der Waals surface area contributed by atoms with Crippen LogP contribution in [0.4, 0.5) is 13.2 Å². The van der Waals surface area contributed by atoms with Crippen LogP contribution in [0.5, 0.6) is 0 Å². The second-order valence-electron chi connectivity index (χ2n) is 4.43. The summed E-state index contributed by atoms with van der Waals surface area (Å²) in [7, 11) is 0. The van der Waals surface area contributed by atoms with Gasteiger partial charge in [-0.15, -0.1) is 10.2 Å². The van der Waals surface area contributed by atoms with E-state index < -0.39 is 11.7 Å².